The molecule has 188 valence electrons. The van der Waals surface area contributed by atoms with E-state index in [1.54, 1.807) is 23.0 Å². The van der Waals surface area contributed by atoms with Crippen molar-refractivity contribution in [2.45, 2.75) is 25.2 Å². The number of hydrogen-bond acceptors (Lipinski definition) is 5. The van der Waals surface area contributed by atoms with Gasteiger partial charge in [-0.25, -0.2) is 4.68 Å². The molecule has 1 fully saturated rings. The number of hydrogen-bond donors (Lipinski definition) is 0. The van der Waals surface area contributed by atoms with Crippen LogP contribution in [-0.4, -0.2) is 43.5 Å². The fourth-order valence-electron chi connectivity index (χ4n) is 4.88. The van der Waals surface area contributed by atoms with Crippen molar-refractivity contribution in [1.29, 1.82) is 0 Å². The van der Waals surface area contributed by atoms with Gasteiger partial charge in [-0.15, -0.1) is 5.10 Å². The van der Waals surface area contributed by atoms with Crippen molar-refractivity contribution in [3.05, 3.63) is 119 Å². The number of anilines is 1. The summed E-state index contributed by atoms with van der Waals surface area (Å²) in [6.45, 7) is 0.531. The number of Topliss-reactive ketones (excluding diaryl/α,β-unsaturated/α-hetero) is 1. The van der Waals surface area contributed by atoms with Gasteiger partial charge in [0.05, 0.1) is 30.0 Å². The van der Waals surface area contributed by atoms with Gasteiger partial charge >= 0.3 is 0 Å². The molecule has 4 aromatic rings. The molecule has 0 bridgehead atoms. The smallest absolute Gasteiger partial charge is 0.299 e. The van der Waals surface area contributed by atoms with Gasteiger partial charge < -0.3 is 4.90 Å². The Hall–Kier alpha value is -4.56. The molecule has 0 unspecified atom stereocenters. The van der Waals surface area contributed by atoms with Crippen LogP contribution in [0.15, 0.2) is 91.1 Å². The van der Waals surface area contributed by atoms with Crippen molar-refractivity contribution < 1.29 is 14.4 Å². The molecule has 0 N–H and O–H groups in total. The van der Waals surface area contributed by atoms with E-state index in [0.29, 0.717) is 22.9 Å². The number of benzene rings is 3. The first kappa shape index (κ1) is 23.8. The molecule has 3 aromatic carbocycles. The number of fused-ring (bicyclic) bond motifs is 1. The highest BCUT2D eigenvalue weighted by atomic mass is 35.5. The maximum atomic E-state index is 13.3. The highest BCUT2D eigenvalue weighted by Gasteiger charge is 2.48. The quantitative estimate of drug-likeness (QED) is 0.266. The number of amides is 2. The minimum Gasteiger partial charge on any atom is -0.327 e. The normalized spacial score (nSPS) is 18.8. The van der Waals surface area contributed by atoms with Crippen LogP contribution in [0.2, 0.25) is 5.02 Å². The third-order valence-electron chi connectivity index (χ3n) is 6.80. The van der Waals surface area contributed by atoms with Crippen LogP contribution in [0.4, 0.5) is 5.69 Å². The zero-order valence-corrected chi connectivity index (χ0v) is 20.9. The number of carbonyl (C=O) groups is 3. The zero-order valence-electron chi connectivity index (χ0n) is 20.1. The monoisotopic (exact) mass is 523 g/mol. The SMILES string of the molecule is O=C1C(=O)N(Cc2cn([C@@H]3C(=O)N(Cc4ccccc4)[C@@H]3/C=C/c3ccccc3)nn2)c2ccc(Cl)cc21. The van der Waals surface area contributed by atoms with E-state index in [1.165, 1.54) is 11.0 Å². The van der Waals surface area contributed by atoms with Gasteiger partial charge in [0, 0.05) is 11.6 Å². The third kappa shape index (κ3) is 4.29. The third-order valence-corrected chi connectivity index (χ3v) is 7.03. The lowest BCUT2D eigenvalue weighted by molar-refractivity contribution is -0.153. The van der Waals surface area contributed by atoms with Gasteiger partial charge in [-0.1, -0.05) is 89.6 Å². The summed E-state index contributed by atoms with van der Waals surface area (Å²) in [5.41, 5.74) is 3.28. The largest absolute Gasteiger partial charge is 0.327 e. The first-order valence-corrected chi connectivity index (χ1v) is 12.5. The summed E-state index contributed by atoms with van der Waals surface area (Å²) < 4.78 is 1.55. The number of rotatable bonds is 7. The summed E-state index contributed by atoms with van der Waals surface area (Å²) in [6.07, 6.45) is 5.67. The molecule has 2 amide bonds. The molecule has 2 atom stereocenters. The summed E-state index contributed by atoms with van der Waals surface area (Å²) in [6, 6.07) is 23.7. The van der Waals surface area contributed by atoms with Crippen LogP contribution in [0.25, 0.3) is 6.08 Å². The highest BCUT2D eigenvalue weighted by molar-refractivity contribution is 6.52. The van der Waals surface area contributed by atoms with Crippen molar-refractivity contribution in [2.75, 3.05) is 4.90 Å². The molecule has 0 saturated carbocycles. The molecule has 6 rings (SSSR count). The summed E-state index contributed by atoms with van der Waals surface area (Å²) in [4.78, 5) is 41.5. The molecular formula is C29H22ClN5O3. The summed E-state index contributed by atoms with van der Waals surface area (Å²) in [7, 11) is 0. The lowest BCUT2D eigenvalue weighted by Crippen LogP contribution is -2.59. The Morgan fingerprint density at radius 2 is 1.63 bits per heavy atom. The van der Waals surface area contributed by atoms with Gasteiger partial charge in [0.25, 0.3) is 17.6 Å². The zero-order chi connectivity index (χ0) is 26.2. The van der Waals surface area contributed by atoms with Gasteiger partial charge in [0.2, 0.25) is 0 Å². The maximum absolute atomic E-state index is 13.3. The first-order chi connectivity index (χ1) is 18.5. The van der Waals surface area contributed by atoms with Crippen molar-refractivity contribution in [1.82, 2.24) is 19.9 Å². The molecule has 38 heavy (non-hydrogen) atoms. The average Bonchev–Trinajstić information content (AvgIpc) is 3.48. The molecule has 9 heteroatoms. The van der Waals surface area contributed by atoms with Crippen molar-refractivity contribution in [2.24, 2.45) is 0 Å². The van der Waals surface area contributed by atoms with E-state index in [0.717, 1.165) is 11.1 Å². The number of likely N-dealkylation sites (tertiary alicyclic amines) is 1. The second-order valence-electron chi connectivity index (χ2n) is 9.23. The second kappa shape index (κ2) is 9.72. The van der Waals surface area contributed by atoms with Crippen LogP contribution in [0.1, 0.15) is 33.2 Å². The van der Waals surface area contributed by atoms with E-state index in [2.05, 4.69) is 10.3 Å². The lowest BCUT2D eigenvalue weighted by Gasteiger charge is -2.45. The number of halogens is 1. The van der Waals surface area contributed by atoms with Crippen LogP contribution in [0.3, 0.4) is 0 Å². The van der Waals surface area contributed by atoms with Gasteiger partial charge in [-0.2, -0.15) is 0 Å². The molecular weight excluding hydrogens is 502 g/mol. The molecule has 2 aliphatic rings. The number of β-lactam (4-membered cyclic amide) rings is 1. The van der Waals surface area contributed by atoms with Gasteiger partial charge in [0.1, 0.15) is 5.69 Å². The maximum Gasteiger partial charge on any atom is 0.299 e. The van der Waals surface area contributed by atoms with Crippen molar-refractivity contribution >= 4 is 41.0 Å². The van der Waals surface area contributed by atoms with Crippen LogP contribution < -0.4 is 4.90 Å². The van der Waals surface area contributed by atoms with Gasteiger partial charge in [-0.05, 0) is 29.3 Å². The molecule has 2 aliphatic heterocycles. The number of carbonyl (C=O) groups excluding carboxylic acids is 3. The highest BCUT2D eigenvalue weighted by Crippen LogP contribution is 2.35. The van der Waals surface area contributed by atoms with Crippen molar-refractivity contribution in [3.63, 3.8) is 0 Å². The van der Waals surface area contributed by atoms with E-state index in [1.807, 2.05) is 77.7 Å². The van der Waals surface area contributed by atoms with Crippen LogP contribution in [-0.2, 0) is 22.7 Å². The molecule has 0 radical (unpaired) electrons. The summed E-state index contributed by atoms with van der Waals surface area (Å²) in [5.74, 6) is -1.32. The van der Waals surface area contributed by atoms with E-state index < -0.39 is 17.7 Å². The minimum absolute atomic E-state index is 0.0539. The molecule has 1 saturated heterocycles. The Labute approximate surface area is 223 Å². The molecule has 0 spiro atoms. The number of ketones is 1. The van der Waals surface area contributed by atoms with E-state index in [4.69, 9.17) is 11.6 Å². The van der Waals surface area contributed by atoms with Crippen molar-refractivity contribution in [3.8, 4) is 0 Å². The van der Waals surface area contributed by atoms with E-state index >= 15 is 0 Å². The fraction of sp³-hybridized carbons (Fsp3) is 0.138. The molecule has 3 heterocycles. The Morgan fingerprint density at radius 1 is 0.895 bits per heavy atom. The topological polar surface area (TPSA) is 88.4 Å². The standard InChI is InChI=1S/C29H22ClN5O3/c30-21-12-14-24-23(15-21)27(36)29(38)34(24)17-22-18-35(32-31-22)26-25(13-11-19-7-3-1-4-8-19)33(28(26)37)16-20-9-5-2-6-10-20/h1-15,18,25-26H,16-17H2/b13-11+/t25-,26+/m1/s1. The summed E-state index contributed by atoms with van der Waals surface area (Å²) >= 11 is 6.01. The van der Waals surface area contributed by atoms with E-state index in [-0.39, 0.29) is 24.1 Å². The predicted molar refractivity (Wildman–Crippen MR) is 142 cm³/mol. The molecule has 0 aliphatic carbocycles. The van der Waals surface area contributed by atoms with Crippen LogP contribution in [0, 0.1) is 0 Å². The second-order valence-corrected chi connectivity index (χ2v) is 9.67. The van der Waals surface area contributed by atoms with Crippen LogP contribution in [0.5, 0.6) is 0 Å². The number of nitrogens with zero attached hydrogens (tertiary/aromatic N) is 5. The Morgan fingerprint density at radius 3 is 2.39 bits per heavy atom. The lowest BCUT2D eigenvalue weighted by atomic mass is 9.93. The Balaban J connectivity index is 1.25. The predicted octanol–water partition coefficient (Wildman–Crippen LogP) is 4.33. The van der Waals surface area contributed by atoms with Gasteiger partial charge in [-0.3, -0.25) is 19.3 Å². The first-order valence-electron chi connectivity index (χ1n) is 12.1. The fourth-order valence-corrected chi connectivity index (χ4v) is 5.05. The minimum atomic E-state index is -0.644. The average molecular weight is 524 g/mol. The Bertz CT molecular complexity index is 1570. The molecule has 1 aromatic heterocycles. The molecule has 8 nitrogen and oxygen atoms in total. The number of aromatic nitrogens is 3. The van der Waals surface area contributed by atoms with E-state index in [9.17, 15) is 14.4 Å². The Kier molecular flexibility index (Phi) is 6.09. The van der Waals surface area contributed by atoms with Crippen LogP contribution >= 0.6 is 11.6 Å². The van der Waals surface area contributed by atoms with Gasteiger partial charge in [0.15, 0.2) is 6.04 Å². The summed E-state index contributed by atoms with van der Waals surface area (Å²) in [5, 5.41) is 8.83.